The van der Waals surface area contributed by atoms with Gasteiger partial charge in [0.2, 0.25) is 0 Å². The van der Waals surface area contributed by atoms with E-state index in [1.165, 1.54) is 25.4 Å². The monoisotopic (exact) mass is 279 g/mol. The van der Waals surface area contributed by atoms with E-state index in [2.05, 4.69) is 5.32 Å². The maximum absolute atomic E-state index is 12.0. The van der Waals surface area contributed by atoms with Crippen LogP contribution in [-0.2, 0) is 20.6 Å². The molecule has 0 aliphatic carbocycles. The van der Waals surface area contributed by atoms with Crippen molar-refractivity contribution in [2.75, 3.05) is 0 Å². The summed E-state index contributed by atoms with van der Waals surface area (Å²) in [5.74, 6) is -0.441. The van der Waals surface area contributed by atoms with Gasteiger partial charge >= 0.3 is 5.69 Å². The molecule has 1 N–H and O–H groups in total. The van der Waals surface area contributed by atoms with Gasteiger partial charge in [-0.25, -0.2) is 4.79 Å². The molecule has 0 aromatic carbocycles. The minimum atomic E-state index is -0.520. The Morgan fingerprint density at radius 3 is 2.68 bits per heavy atom. The highest BCUT2D eigenvalue weighted by Gasteiger charge is 2.13. The summed E-state index contributed by atoms with van der Waals surface area (Å²) in [6.07, 6.45) is 0. The summed E-state index contributed by atoms with van der Waals surface area (Å²) in [4.78, 5) is 35.2. The molecule has 2 aromatic heterocycles. The smallest absolute Gasteiger partial charge is 0.331 e. The van der Waals surface area contributed by atoms with Crippen LogP contribution in [0, 0.1) is 0 Å². The first-order valence-electron chi connectivity index (χ1n) is 5.57. The van der Waals surface area contributed by atoms with Gasteiger partial charge < -0.3 is 5.32 Å². The van der Waals surface area contributed by atoms with Crippen LogP contribution in [0.3, 0.4) is 0 Å². The first kappa shape index (κ1) is 13.3. The molecule has 0 aliphatic rings. The van der Waals surface area contributed by atoms with Gasteiger partial charge in [0.25, 0.3) is 11.5 Å². The summed E-state index contributed by atoms with van der Waals surface area (Å²) in [6.45, 7) is 0.367. The molecule has 0 spiro atoms. The maximum atomic E-state index is 12.0. The maximum Gasteiger partial charge on any atom is 0.331 e. The highest BCUT2D eigenvalue weighted by Crippen LogP contribution is 2.05. The summed E-state index contributed by atoms with van der Waals surface area (Å²) < 4.78 is 2.11. The van der Waals surface area contributed by atoms with Crippen LogP contribution in [0.1, 0.15) is 16.1 Å². The van der Waals surface area contributed by atoms with Gasteiger partial charge in [-0.05, 0) is 22.4 Å². The molecule has 0 atom stereocenters. The largest absolute Gasteiger partial charge is 0.347 e. The Morgan fingerprint density at radius 2 is 2.05 bits per heavy atom. The fraction of sp³-hybridized carbons (Fsp3) is 0.250. The van der Waals surface area contributed by atoms with Gasteiger partial charge in [-0.3, -0.25) is 18.7 Å². The van der Waals surface area contributed by atoms with Crippen molar-refractivity contribution in [2.24, 2.45) is 14.1 Å². The van der Waals surface area contributed by atoms with E-state index < -0.39 is 17.2 Å². The SMILES string of the molecule is Cn1c(C(=O)NCc2ccsc2)cc(=O)n(C)c1=O. The summed E-state index contributed by atoms with van der Waals surface area (Å²) >= 11 is 1.54. The van der Waals surface area contributed by atoms with E-state index in [-0.39, 0.29) is 5.69 Å². The molecule has 19 heavy (non-hydrogen) atoms. The predicted octanol–water partition coefficient (Wildman–Crippen LogP) is 0.0755. The molecular formula is C12H13N3O3S. The highest BCUT2D eigenvalue weighted by atomic mass is 32.1. The second kappa shape index (κ2) is 5.23. The third-order valence-corrected chi connectivity index (χ3v) is 3.52. The van der Waals surface area contributed by atoms with E-state index in [9.17, 15) is 14.4 Å². The summed E-state index contributed by atoms with van der Waals surface area (Å²) in [7, 11) is 2.83. The van der Waals surface area contributed by atoms with Crippen LogP contribution in [0.4, 0.5) is 0 Å². The predicted molar refractivity (Wildman–Crippen MR) is 72.4 cm³/mol. The molecule has 0 fully saturated rings. The fourth-order valence-corrected chi connectivity index (χ4v) is 2.29. The zero-order chi connectivity index (χ0) is 14.0. The molecule has 0 bridgehead atoms. The van der Waals surface area contributed by atoms with Crippen LogP contribution in [0.15, 0.2) is 32.5 Å². The average molecular weight is 279 g/mol. The topological polar surface area (TPSA) is 73.1 Å². The molecule has 2 aromatic rings. The van der Waals surface area contributed by atoms with Gasteiger partial charge in [0, 0.05) is 26.7 Å². The van der Waals surface area contributed by atoms with Crippen molar-refractivity contribution < 1.29 is 4.79 Å². The van der Waals surface area contributed by atoms with E-state index in [4.69, 9.17) is 0 Å². The molecule has 0 unspecified atom stereocenters. The van der Waals surface area contributed by atoms with E-state index in [1.54, 1.807) is 0 Å². The molecular weight excluding hydrogens is 266 g/mol. The number of rotatable bonds is 3. The Labute approximate surface area is 112 Å². The molecule has 0 saturated heterocycles. The van der Waals surface area contributed by atoms with Crippen LogP contribution >= 0.6 is 11.3 Å². The number of amides is 1. The van der Waals surface area contributed by atoms with Crippen molar-refractivity contribution in [3.63, 3.8) is 0 Å². The molecule has 0 saturated carbocycles. The Morgan fingerprint density at radius 1 is 1.32 bits per heavy atom. The van der Waals surface area contributed by atoms with Gasteiger partial charge in [0.15, 0.2) is 0 Å². The number of nitrogens with zero attached hydrogens (tertiary/aromatic N) is 2. The van der Waals surface area contributed by atoms with E-state index in [0.717, 1.165) is 20.8 Å². The Balaban J connectivity index is 2.25. The van der Waals surface area contributed by atoms with Crippen molar-refractivity contribution in [2.45, 2.75) is 6.54 Å². The van der Waals surface area contributed by atoms with Crippen LogP contribution in [0.5, 0.6) is 0 Å². The number of nitrogens with one attached hydrogen (secondary N) is 1. The Kier molecular flexibility index (Phi) is 3.66. The van der Waals surface area contributed by atoms with Crippen molar-refractivity contribution in [1.29, 1.82) is 0 Å². The number of hydrogen-bond donors (Lipinski definition) is 1. The van der Waals surface area contributed by atoms with Crippen molar-refractivity contribution >= 4 is 17.2 Å². The van der Waals surface area contributed by atoms with E-state index in [0.29, 0.717) is 6.54 Å². The Bertz CT molecular complexity index is 713. The molecule has 2 rings (SSSR count). The second-order valence-corrected chi connectivity index (χ2v) is 4.86. The zero-order valence-corrected chi connectivity index (χ0v) is 11.4. The van der Waals surface area contributed by atoms with E-state index in [1.807, 2.05) is 16.8 Å². The lowest BCUT2D eigenvalue weighted by atomic mass is 10.3. The number of aromatic nitrogens is 2. The second-order valence-electron chi connectivity index (χ2n) is 4.08. The zero-order valence-electron chi connectivity index (χ0n) is 10.5. The van der Waals surface area contributed by atoms with Crippen LogP contribution in [0.2, 0.25) is 0 Å². The third kappa shape index (κ3) is 2.65. The molecule has 0 radical (unpaired) electrons. The lowest BCUT2D eigenvalue weighted by molar-refractivity contribution is 0.0940. The van der Waals surface area contributed by atoms with E-state index >= 15 is 0 Å². The summed E-state index contributed by atoms with van der Waals surface area (Å²) in [5.41, 5.74) is 0.0208. The lowest BCUT2D eigenvalue weighted by Crippen LogP contribution is -2.41. The van der Waals surface area contributed by atoms with Gasteiger partial charge in [0.05, 0.1) is 0 Å². The normalized spacial score (nSPS) is 10.4. The number of thiophene rings is 1. The van der Waals surface area contributed by atoms with Crippen LogP contribution in [-0.4, -0.2) is 15.0 Å². The molecule has 6 nitrogen and oxygen atoms in total. The molecule has 7 heteroatoms. The van der Waals surface area contributed by atoms with Gasteiger partial charge in [-0.1, -0.05) is 0 Å². The Hall–Kier alpha value is -2.15. The third-order valence-electron chi connectivity index (χ3n) is 2.79. The first-order chi connectivity index (χ1) is 9.00. The summed E-state index contributed by atoms with van der Waals surface area (Å²) in [6, 6.07) is 3.05. The minimum absolute atomic E-state index is 0.0586. The van der Waals surface area contributed by atoms with Crippen LogP contribution < -0.4 is 16.6 Å². The fourth-order valence-electron chi connectivity index (χ4n) is 1.62. The molecule has 100 valence electrons. The molecule has 1 amide bonds. The number of carbonyl (C=O) groups is 1. The van der Waals surface area contributed by atoms with Crippen molar-refractivity contribution in [3.05, 3.63) is 55.0 Å². The number of hydrogen-bond acceptors (Lipinski definition) is 4. The standard InChI is InChI=1S/C12H13N3O3S/c1-14-9(5-10(16)15(2)12(14)18)11(17)13-6-8-3-4-19-7-8/h3-5,7H,6H2,1-2H3,(H,13,17). The van der Waals surface area contributed by atoms with Crippen molar-refractivity contribution in [1.82, 2.24) is 14.5 Å². The quantitative estimate of drug-likeness (QED) is 0.864. The number of carbonyl (C=O) groups excluding carboxylic acids is 1. The lowest BCUT2D eigenvalue weighted by Gasteiger charge is -2.09. The first-order valence-corrected chi connectivity index (χ1v) is 6.51. The summed E-state index contributed by atoms with van der Waals surface area (Å²) in [5, 5.41) is 6.51. The van der Waals surface area contributed by atoms with Crippen LogP contribution in [0.25, 0.3) is 0 Å². The molecule has 0 aliphatic heterocycles. The highest BCUT2D eigenvalue weighted by molar-refractivity contribution is 7.07. The van der Waals surface area contributed by atoms with Gasteiger partial charge in [0.1, 0.15) is 5.69 Å². The minimum Gasteiger partial charge on any atom is -0.347 e. The van der Waals surface area contributed by atoms with Crippen molar-refractivity contribution in [3.8, 4) is 0 Å². The average Bonchev–Trinajstić information content (AvgIpc) is 2.91. The van der Waals surface area contributed by atoms with Gasteiger partial charge in [-0.15, -0.1) is 0 Å². The molecule has 2 heterocycles. The van der Waals surface area contributed by atoms with Gasteiger partial charge in [-0.2, -0.15) is 11.3 Å².